The summed E-state index contributed by atoms with van der Waals surface area (Å²) >= 11 is 0. The Kier molecular flexibility index (Phi) is 5.66. The number of sulfone groups is 1. The minimum Gasteiger partial charge on any atom is -0.497 e. The average molecular weight is 333 g/mol. The van der Waals surface area contributed by atoms with Crippen LogP contribution < -0.4 is 10.1 Å². The largest absolute Gasteiger partial charge is 0.497 e. The molecule has 0 saturated carbocycles. The van der Waals surface area contributed by atoms with Gasteiger partial charge in [0.25, 0.3) is 0 Å². The van der Waals surface area contributed by atoms with Crippen molar-refractivity contribution in [3.05, 3.63) is 54.1 Å². The summed E-state index contributed by atoms with van der Waals surface area (Å²) in [5, 5.41) is 3.35. The first-order valence-electron chi connectivity index (χ1n) is 7.55. The molecule has 0 aromatic heterocycles. The van der Waals surface area contributed by atoms with Crippen LogP contribution in [0.3, 0.4) is 0 Å². The quantitative estimate of drug-likeness (QED) is 0.844. The first-order chi connectivity index (χ1) is 10.9. The Morgan fingerprint density at radius 2 is 1.65 bits per heavy atom. The number of methoxy groups -OCH3 is 1. The molecule has 0 bridgehead atoms. The predicted octanol–water partition coefficient (Wildman–Crippen LogP) is 3.39. The summed E-state index contributed by atoms with van der Waals surface area (Å²) in [6, 6.07) is 15.0. The third-order valence-corrected chi connectivity index (χ3v) is 4.81. The van der Waals surface area contributed by atoms with Crippen LogP contribution in [0.4, 0.5) is 5.69 Å². The van der Waals surface area contributed by atoms with Crippen molar-refractivity contribution in [3.8, 4) is 5.75 Å². The Morgan fingerprint density at radius 1 is 1.04 bits per heavy atom. The second-order valence-corrected chi connectivity index (χ2v) is 7.85. The lowest BCUT2D eigenvalue weighted by atomic mass is 10.0. The van der Waals surface area contributed by atoms with Crippen molar-refractivity contribution in [2.24, 2.45) is 5.92 Å². The Labute approximate surface area is 138 Å². The highest BCUT2D eigenvalue weighted by Gasteiger charge is 2.07. The van der Waals surface area contributed by atoms with Gasteiger partial charge in [-0.05, 0) is 54.3 Å². The molecule has 124 valence electrons. The van der Waals surface area contributed by atoms with Gasteiger partial charge in [-0.15, -0.1) is 0 Å². The van der Waals surface area contributed by atoms with Gasteiger partial charge in [0.05, 0.1) is 12.0 Å². The van der Waals surface area contributed by atoms with Gasteiger partial charge in [-0.1, -0.05) is 19.1 Å². The lowest BCUT2D eigenvalue weighted by Crippen LogP contribution is -2.13. The SMILES string of the molecule is COc1ccc(CC(C)CNc2ccc(S(C)(=O)=O)cc2)cc1. The standard InChI is InChI=1S/C18H23NO3S/c1-14(12-15-4-8-17(22-2)9-5-15)13-19-16-6-10-18(11-7-16)23(3,20)21/h4-11,14,19H,12-13H2,1-3H3. The molecule has 4 nitrogen and oxygen atoms in total. The second kappa shape index (κ2) is 7.51. The van der Waals surface area contributed by atoms with E-state index < -0.39 is 9.84 Å². The van der Waals surface area contributed by atoms with E-state index in [9.17, 15) is 8.42 Å². The minimum absolute atomic E-state index is 0.342. The molecule has 0 saturated heterocycles. The highest BCUT2D eigenvalue weighted by Crippen LogP contribution is 2.17. The van der Waals surface area contributed by atoms with E-state index in [1.165, 1.54) is 11.8 Å². The summed E-state index contributed by atoms with van der Waals surface area (Å²) in [6.07, 6.45) is 2.19. The summed E-state index contributed by atoms with van der Waals surface area (Å²) < 4.78 is 28.0. The highest BCUT2D eigenvalue weighted by molar-refractivity contribution is 7.90. The van der Waals surface area contributed by atoms with E-state index >= 15 is 0 Å². The van der Waals surface area contributed by atoms with Gasteiger partial charge in [-0.25, -0.2) is 8.42 Å². The molecule has 0 spiro atoms. The molecule has 2 rings (SSSR count). The molecule has 1 N–H and O–H groups in total. The Balaban J connectivity index is 1.87. The monoisotopic (exact) mass is 333 g/mol. The molecule has 5 heteroatoms. The summed E-state index contributed by atoms with van der Waals surface area (Å²) in [5.74, 6) is 1.32. The van der Waals surface area contributed by atoms with Gasteiger partial charge in [0.2, 0.25) is 0 Å². The van der Waals surface area contributed by atoms with E-state index in [4.69, 9.17) is 4.74 Å². The molecule has 2 aromatic rings. The molecule has 0 amide bonds. The van der Waals surface area contributed by atoms with Crippen LogP contribution in [0, 0.1) is 5.92 Å². The molecule has 0 aliphatic carbocycles. The van der Waals surface area contributed by atoms with E-state index in [1.54, 1.807) is 31.4 Å². The zero-order valence-electron chi connectivity index (χ0n) is 13.7. The predicted molar refractivity (Wildman–Crippen MR) is 93.9 cm³/mol. The van der Waals surface area contributed by atoms with Gasteiger partial charge >= 0.3 is 0 Å². The third kappa shape index (κ3) is 5.28. The van der Waals surface area contributed by atoms with E-state index in [0.717, 1.165) is 24.4 Å². The molecular formula is C18H23NO3S. The average Bonchev–Trinajstić information content (AvgIpc) is 2.53. The molecule has 0 fully saturated rings. The van der Waals surface area contributed by atoms with Crippen LogP contribution in [0.2, 0.25) is 0 Å². The molecule has 1 atom stereocenters. The number of rotatable bonds is 7. The van der Waals surface area contributed by atoms with Crippen LogP contribution in [-0.4, -0.2) is 28.3 Å². The maximum absolute atomic E-state index is 11.4. The van der Waals surface area contributed by atoms with Gasteiger partial charge in [-0.2, -0.15) is 0 Å². The van der Waals surface area contributed by atoms with Crippen molar-refractivity contribution in [1.29, 1.82) is 0 Å². The summed E-state index contributed by atoms with van der Waals surface area (Å²) in [6.45, 7) is 3.01. The van der Waals surface area contributed by atoms with Crippen molar-refractivity contribution >= 4 is 15.5 Å². The maximum Gasteiger partial charge on any atom is 0.175 e. The summed E-state index contributed by atoms with van der Waals surface area (Å²) in [4.78, 5) is 0.342. The molecule has 0 aliphatic heterocycles. The van der Waals surface area contributed by atoms with Gasteiger partial charge in [0.1, 0.15) is 5.75 Å². The van der Waals surface area contributed by atoms with Crippen molar-refractivity contribution in [2.75, 3.05) is 25.2 Å². The van der Waals surface area contributed by atoms with Crippen LogP contribution in [0.1, 0.15) is 12.5 Å². The number of nitrogens with one attached hydrogen (secondary N) is 1. The van der Waals surface area contributed by atoms with Crippen LogP contribution in [0.25, 0.3) is 0 Å². The summed E-state index contributed by atoms with van der Waals surface area (Å²) in [7, 11) is -1.47. The highest BCUT2D eigenvalue weighted by atomic mass is 32.2. The number of anilines is 1. The molecule has 0 radical (unpaired) electrons. The Hall–Kier alpha value is -2.01. The smallest absolute Gasteiger partial charge is 0.175 e. The Bertz CT molecular complexity index is 722. The molecule has 0 aliphatic rings. The van der Waals surface area contributed by atoms with E-state index in [1.807, 2.05) is 12.1 Å². The molecule has 1 unspecified atom stereocenters. The lowest BCUT2D eigenvalue weighted by molar-refractivity contribution is 0.414. The van der Waals surface area contributed by atoms with Gasteiger partial charge < -0.3 is 10.1 Å². The van der Waals surface area contributed by atoms with Crippen molar-refractivity contribution in [1.82, 2.24) is 0 Å². The van der Waals surface area contributed by atoms with Crippen LogP contribution >= 0.6 is 0 Å². The molecule has 23 heavy (non-hydrogen) atoms. The van der Waals surface area contributed by atoms with Crippen molar-refractivity contribution in [2.45, 2.75) is 18.2 Å². The number of hydrogen-bond acceptors (Lipinski definition) is 4. The minimum atomic E-state index is -3.14. The van der Waals surface area contributed by atoms with Crippen molar-refractivity contribution in [3.63, 3.8) is 0 Å². The van der Waals surface area contributed by atoms with Gasteiger partial charge in [-0.3, -0.25) is 0 Å². The maximum atomic E-state index is 11.4. The number of hydrogen-bond donors (Lipinski definition) is 1. The fourth-order valence-electron chi connectivity index (χ4n) is 2.35. The summed E-state index contributed by atoms with van der Waals surface area (Å²) in [5.41, 5.74) is 2.20. The van der Waals surface area contributed by atoms with Crippen molar-refractivity contribution < 1.29 is 13.2 Å². The third-order valence-electron chi connectivity index (χ3n) is 3.68. The Morgan fingerprint density at radius 3 is 2.17 bits per heavy atom. The molecule has 2 aromatic carbocycles. The number of ether oxygens (including phenoxy) is 1. The topological polar surface area (TPSA) is 55.4 Å². The number of benzene rings is 2. The van der Waals surface area contributed by atoms with E-state index in [0.29, 0.717) is 10.8 Å². The zero-order chi connectivity index (χ0) is 16.9. The zero-order valence-corrected chi connectivity index (χ0v) is 14.6. The first-order valence-corrected chi connectivity index (χ1v) is 9.44. The molecule has 0 heterocycles. The van der Waals surface area contributed by atoms with Crippen LogP contribution in [-0.2, 0) is 16.3 Å². The fourth-order valence-corrected chi connectivity index (χ4v) is 2.98. The first kappa shape index (κ1) is 17.3. The molecular weight excluding hydrogens is 310 g/mol. The van der Waals surface area contributed by atoms with E-state index in [-0.39, 0.29) is 0 Å². The van der Waals surface area contributed by atoms with E-state index in [2.05, 4.69) is 24.4 Å². The fraction of sp³-hybridized carbons (Fsp3) is 0.333. The van der Waals surface area contributed by atoms with Gasteiger partial charge in [0, 0.05) is 18.5 Å². The van der Waals surface area contributed by atoms with Crippen LogP contribution in [0.15, 0.2) is 53.4 Å². The normalized spacial score (nSPS) is 12.7. The van der Waals surface area contributed by atoms with Crippen LogP contribution in [0.5, 0.6) is 5.75 Å². The second-order valence-electron chi connectivity index (χ2n) is 5.83. The lowest BCUT2D eigenvalue weighted by Gasteiger charge is -2.14. The van der Waals surface area contributed by atoms with Gasteiger partial charge in [0.15, 0.2) is 9.84 Å².